The standard InChI is InChI=1S/C28H50N2O6S/c1-17(2)13-28(11,16-37(34,35)26(6,7)8)14-19(31)29-22(25(3,4)5)23(32)30-15-18-20(27(18,9)10)21(30)24(33)36-12/h17-18,20-22H,13-16H2,1-12H3,(H,29,31)/t18-,20?,21-,22+,28+/m0/s1. The van der Waals surface area contributed by atoms with Crippen LogP contribution in [0.2, 0.25) is 0 Å². The van der Waals surface area contributed by atoms with E-state index in [0.717, 1.165) is 0 Å². The Balaban J connectivity index is 2.29. The molecule has 1 heterocycles. The van der Waals surface area contributed by atoms with E-state index in [1.54, 1.807) is 25.7 Å². The highest BCUT2D eigenvalue weighted by molar-refractivity contribution is 7.92. The molecule has 1 saturated heterocycles. The molecule has 2 fully saturated rings. The third kappa shape index (κ3) is 6.69. The first-order valence-corrected chi connectivity index (χ1v) is 15.0. The van der Waals surface area contributed by atoms with Gasteiger partial charge in [-0.1, -0.05) is 55.4 Å². The highest BCUT2D eigenvalue weighted by atomic mass is 32.2. The molecule has 2 rings (SSSR count). The van der Waals surface area contributed by atoms with Gasteiger partial charge in [0.1, 0.15) is 12.1 Å². The number of amides is 2. The molecule has 0 bridgehead atoms. The number of hydrogen-bond acceptors (Lipinski definition) is 6. The van der Waals surface area contributed by atoms with Gasteiger partial charge in [0.05, 0.1) is 17.6 Å². The zero-order valence-corrected chi connectivity index (χ0v) is 25.8. The second kappa shape index (κ2) is 10.2. The monoisotopic (exact) mass is 542 g/mol. The van der Waals surface area contributed by atoms with Crippen LogP contribution in [0.25, 0.3) is 0 Å². The van der Waals surface area contributed by atoms with Crippen molar-refractivity contribution in [3.63, 3.8) is 0 Å². The molecule has 1 aliphatic heterocycles. The Morgan fingerprint density at radius 3 is 2.03 bits per heavy atom. The Morgan fingerprint density at radius 2 is 1.59 bits per heavy atom. The van der Waals surface area contributed by atoms with E-state index in [-0.39, 0.29) is 47.2 Å². The van der Waals surface area contributed by atoms with Gasteiger partial charge in [0.15, 0.2) is 9.84 Å². The largest absolute Gasteiger partial charge is 0.467 e. The van der Waals surface area contributed by atoms with Gasteiger partial charge in [0.2, 0.25) is 11.8 Å². The summed E-state index contributed by atoms with van der Waals surface area (Å²) in [6, 6.07) is -1.53. The van der Waals surface area contributed by atoms with Gasteiger partial charge in [-0.15, -0.1) is 0 Å². The van der Waals surface area contributed by atoms with E-state index in [0.29, 0.717) is 13.0 Å². The van der Waals surface area contributed by atoms with Crippen LogP contribution >= 0.6 is 0 Å². The summed E-state index contributed by atoms with van der Waals surface area (Å²) in [6.07, 6.45) is 0.540. The quantitative estimate of drug-likeness (QED) is 0.444. The number of likely N-dealkylation sites (tertiary alicyclic amines) is 1. The lowest BCUT2D eigenvalue weighted by atomic mass is 9.80. The van der Waals surface area contributed by atoms with Crippen LogP contribution < -0.4 is 5.32 Å². The van der Waals surface area contributed by atoms with E-state index < -0.39 is 43.5 Å². The van der Waals surface area contributed by atoms with Gasteiger partial charge in [0.25, 0.3) is 0 Å². The molecule has 0 radical (unpaired) electrons. The van der Waals surface area contributed by atoms with Crippen LogP contribution in [0.3, 0.4) is 0 Å². The second-order valence-corrected chi connectivity index (χ2v) is 17.5. The van der Waals surface area contributed by atoms with Crippen LogP contribution in [-0.2, 0) is 29.0 Å². The summed E-state index contributed by atoms with van der Waals surface area (Å²) in [5, 5.41) is 2.94. The number of rotatable bonds is 9. The molecule has 0 aromatic carbocycles. The molecule has 0 aromatic heterocycles. The zero-order valence-electron chi connectivity index (χ0n) is 25.0. The number of nitrogens with one attached hydrogen (secondary N) is 1. The SMILES string of the molecule is COC(=O)[C@@H]1C2[C@H](CN1C(=O)[C@@H](NC(=O)C[C@@](C)(CC(C)C)CS(=O)(=O)C(C)(C)C)C(C)(C)C)C2(C)C. The van der Waals surface area contributed by atoms with E-state index in [2.05, 4.69) is 19.2 Å². The molecular formula is C28H50N2O6S. The number of fused-ring (bicyclic) bond motifs is 1. The van der Waals surface area contributed by atoms with Crippen molar-refractivity contribution in [1.29, 1.82) is 0 Å². The summed E-state index contributed by atoms with van der Waals surface area (Å²) in [4.78, 5) is 41.6. The summed E-state index contributed by atoms with van der Waals surface area (Å²) < 4.78 is 30.3. The first-order valence-electron chi connectivity index (χ1n) is 13.4. The number of ether oxygens (including phenoxy) is 1. The lowest BCUT2D eigenvalue weighted by Gasteiger charge is -2.38. The molecule has 9 heteroatoms. The molecule has 1 aliphatic carbocycles. The summed E-state index contributed by atoms with van der Waals surface area (Å²) in [5.74, 6) is -0.758. The fourth-order valence-corrected chi connectivity index (χ4v) is 7.73. The van der Waals surface area contributed by atoms with Crippen LogP contribution in [0, 0.1) is 34.0 Å². The molecule has 214 valence electrons. The van der Waals surface area contributed by atoms with Gasteiger partial charge in [0, 0.05) is 18.9 Å². The van der Waals surface area contributed by atoms with Gasteiger partial charge in [-0.2, -0.15) is 0 Å². The number of carbonyl (C=O) groups is 3. The highest BCUT2D eigenvalue weighted by Gasteiger charge is 2.70. The molecule has 1 unspecified atom stereocenters. The fourth-order valence-electron chi connectivity index (χ4n) is 6.16. The average Bonchev–Trinajstić information content (AvgIpc) is 3.03. The Labute approximate surface area is 224 Å². The van der Waals surface area contributed by atoms with Crippen molar-refractivity contribution >= 4 is 27.6 Å². The van der Waals surface area contributed by atoms with Crippen LogP contribution in [-0.4, -0.2) is 67.3 Å². The first-order chi connectivity index (χ1) is 16.5. The van der Waals surface area contributed by atoms with Crippen molar-refractivity contribution < 1.29 is 27.5 Å². The van der Waals surface area contributed by atoms with E-state index in [4.69, 9.17) is 4.74 Å². The van der Waals surface area contributed by atoms with Gasteiger partial charge in [-0.25, -0.2) is 13.2 Å². The normalized spacial score (nSPS) is 25.8. The van der Waals surface area contributed by atoms with E-state index in [1.807, 2.05) is 41.5 Å². The maximum Gasteiger partial charge on any atom is 0.328 e. The van der Waals surface area contributed by atoms with E-state index in [1.165, 1.54) is 7.11 Å². The Morgan fingerprint density at radius 1 is 1.05 bits per heavy atom. The minimum Gasteiger partial charge on any atom is -0.467 e. The van der Waals surface area contributed by atoms with E-state index >= 15 is 0 Å². The molecule has 1 saturated carbocycles. The molecule has 1 N–H and O–H groups in total. The number of sulfone groups is 1. The van der Waals surface area contributed by atoms with Gasteiger partial charge < -0.3 is 15.0 Å². The number of piperidine rings is 1. The average molecular weight is 543 g/mol. The van der Waals surface area contributed by atoms with Crippen LogP contribution in [0.5, 0.6) is 0 Å². The van der Waals surface area contributed by atoms with Crippen molar-refractivity contribution in [3.05, 3.63) is 0 Å². The molecule has 2 aliphatic rings. The highest BCUT2D eigenvalue weighted by Crippen LogP contribution is 2.65. The predicted octanol–water partition coefficient (Wildman–Crippen LogP) is 3.83. The molecule has 0 aromatic rings. The number of nitrogens with zero attached hydrogens (tertiary/aromatic N) is 1. The first kappa shape index (κ1) is 31.6. The molecule has 0 spiro atoms. The van der Waals surface area contributed by atoms with Crippen molar-refractivity contribution in [2.45, 2.75) is 106 Å². The predicted molar refractivity (Wildman–Crippen MR) is 145 cm³/mol. The van der Waals surface area contributed by atoms with Gasteiger partial charge in [-0.3, -0.25) is 9.59 Å². The summed E-state index contributed by atoms with van der Waals surface area (Å²) in [7, 11) is -2.14. The van der Waals surface area contributed by atoms with Crippen LogP contribution in [0.4, 0.5) is 0 Å². The summed E-state index contributed by atoms with van der Waals surface area (Å²) in [5.41, 5.74) is -1.45. The van der Waals surface area contributed by atoms with Gasteiger partial charge >= 0.3 is 5.97 Å². The summed E-state index contributed by atoms with van der Waals surface area (Å²) >= 11 is 0. The zero-order chi connectivity index (χ0) is 28.9. The molecule has 5 atom stereocenters. The molecule has 2 amide bonds. The Kier molecular flexibility index (Phi) is 8.67. The van der Waals surface area contributed by atoms with Gasteiger partial charge in [-0.05, 0) is 55.3 Å². The smallest absolute Gasteiger partial charge is 0.328 e. The van der Waals surface area contributed by atoms with Crippen LogP contribution in [0.1, 0.15) is 89.0 Å². The molecule has 8 nitrogen and oxygen atoms in total. The van der Waals surface area contributed by atoms with Crippen molar-refractivity contribution in [3.8, 4) is 0 Å². The lowest BCUT2D eigenvalue weighted by Crippen LogP contribution is -2.58. The number of methoxy groups -OCH3 is 1. The maximum atomic E-state index is 13.8. The van der Waals surface area contributed by atoms with Crippen molar-refractivity contribution in [1.82, 2.24) is 10.2 Å². The number of carbonyl (C=O) groups excluding carboxylic acids is 3. The van der Waals surface area contributed by atoms with Crippen molar-refractivity contribution in [2.24, 2.45) is 34.0 Å². The van der Waals surface area contributed by atoms with Crippen LogP contribution in [0.15, 0.2) is 0 Å². The van der Waals surface area contributed by atoms with Crippen molar-refractivity contribution in [2.75, 3.05) is 19.4 Å². The number of esters is 1. The lowest BCUT2D eigenvalue weighted by molar-refractivity contribution is -0.155. The third-order valence-corrected chi connectivity index (χ3v) is 11.3. The minimum atomic E-state index is -3.47. The number of hydrogen-bond donors (Lipinski definition) is 1. The van der Waals surface area contributed by atoms with E-state index in [9.17, 15) is 22.8 Å². The topological polar surface area (TPSA) is 110 Å². The fraction of sp³-hybridized carbons (Fsp3) is 0.893. The minimum absolute atomic E-state index is 0.0148. The maximum absolute atomic E-state index is 13.8. The summed E-state index contributed by atoms with van der Waals surface area (Å²) in [6.45, 7) is 21.2. The molecular weight excluding hydrogens is 492 g/mol. The Hall–Kier alpha value is -1.64. The third-order valence-electron chi connectivity index (χ3n) is 8.31. The molecule has 37 heavy (non-hydrogen) atoms. The Bertz CT molecular complexity index is 1000. The second-order valence-electron chi connectivity index (χ2n) is 14.7.